The molecule has 2 aromatic rings. The van der Waals surface area contributed by atoms with E-state index in [1.807, 2.05) is 42.7 Å². The molecule has 1 heterocycles. The maximum absolute atomic E-state index is 10.7. The first-order valence-electron chi connectivity index (χ1n) is 6.00. The number of hydrogen-bond donors (Lipinski definition) is 1. The van der Waals surface area contributed by atoms with Crippen LogP contribution in [-0.2, 0) is 4.79 Å². The number of nitrogens with zero attached hydrogens (tertiary/aromatic N) is 3. The van der Waals surface area contributed by atoms with E-state index in [1.54, 1.807) is 0 Å². The molecule has 0 amide bonds. The first-order valence-corrected chi connectivity index (χ1v) is 7.78. The van der Waals surface area contributed by atoms with Gasteiger partial charge in [-0.1, -0.05) is 39.8 Å². The molecule has 7 heteroatoms. The molecule has 0 fully saturated rings. The van der Waals surface area contributed by atoms with Gasteiger partial charge < -0.3 is 5.11 Å². The first-order chi connectivity index (χ1) is 9.49. The molecule has 0 saturated carbocycles. The van der Waals surface area contributed by atoms with Crippen molar-refractivity contribution in [1.29, 1.82) is 0 Å². The van der Waals surface area contributed by atoms with Crippen LogP contribution in [-0.4, -0.2) is 31.6 Å². The molecule has 0 aliphatic heterocycles. The second-order valence-corrected chi connectivity index (χ2v) is 6.17. The summed E-state index contributed by atoms with van der Waals surface area (Å²) < 4.78 is 2.96. The van der Waals surface area contributed by atoms with Gasteiger partial charge in [-0.3, -0.25) is 9.36 Å². The molecule has 2 rings (SSSR count). The Morgan fingerprint density at radius 1 is 1.50 bits per heavy atom. The van der Waals surface area contributed by atoms with Gasteiger partial charge in [0.1, 0.15) is 5.82 Å². The van der Waals surface area contributed by atoms with Crippen LogP contribution in [0.2, 0.25) is 0 Å². The molecule has 0 spiro atoms. The van der Waals surface area contributed by atoms with Gasteiger partial charge in [-0.05, 0) is 31.5 Å². The molecule has 0 bridgehead atoms. The van der Waals surface area contributed by atoms with E-state index < -0.39 is 5.97 Å². The topological polar surface area (TPSA) is 68.0 Å². The minimum atomic E-state index is -0.864. The highest BCUT2D eigenvalue weighted by Gasteiger charge is 2.17. The Morgan fingerprint density at radius 3 is 2.90 bits per heavy atom. The van der Waals surface area contributed by atoms with Gasteiger partial charge in [0.15, 0.2) is 5.16 Å². The van der Waals surface area contributed by atoms with Crippen molar-refractivity contribution >= 4 is 33.7 Å². The summed E-state index contributed by atoms with van der Waals surface area (Å²) in [5, 5.41) is 17.5. The first kappa shape index (κ1) is 15.1. The number of thioether (sulfide) groups is 1. The smallest absolute Gasteiger partial charge is 0.313 e. The number of carboxylic acid groups (broad SMARTS) is 1. The number of halogens is 1. The number of aliphatic carboxylic acids is 1. The van der Waals surface area contributed by atoms with Gasteiger partial charge >= 0.3 is 5.97 Å². The van der Waals surface area contributed by atoms with Crippen molar-refractivity contribution in [3.05, 3.63) is 40.1 Å². The third-order valence-electron chi connectivity index (χ3n) is 2.88. The Labute approximate surface area is 129 Å². The molecule has 0 saturated heterocycles. The maximum atomic E-state index is 10.7. The lowest BCUT2D eigenvalue weighted by molar-refractivity contribution is -0.133. The summed E-state index contributed by atoms with van der Waals surface area (Å²) in [5.74, 6) is -0.119. The highest BCUT2D eigenvalue weighted by atomic mass is 79.9. The van der Waals surface area contributed by atoms with E-state index in [2.05, 4.69) is 26.1 Å². The summed E-state index contributed by atoms with van der Waals surface area (Å²) in [4.78, 5) is 10.7. The van der Waals surface area contributed by atoms with Crippen LogP contribution < -0.4 is 0 Å². The van der Waals surface area contributed by atoms with Gasteiger partial charge in [0, 0.05) is 4.47 Å². The summed E-state index contributed by atoms with van der Waals surface area (Å²) >= 11 is 4.64. The molecule has 0 aliphatic rings. The van der Waals surface area contributed by atoms with E-state index in [4.69, 9.17) is 5.11 Å². The number of carboxylic acids is 1. The lowest BCUT2D eigenvalue weighted by Crippen LogP contribution is -2.11. The predicted molar refractivity (Wildman–Crippen MR) is 81.1 cm³/mol. The molecule has 1 aromatic heterocycles. The van der Waals surface area contributed by atoms with Crippen molar-refractivity contribution in [2.45, 2.75) is 25.0 Å². The minimum absolute atomic E-state index is 0.0245. The van der Waals surface area contributed by atoms with Gasteiger partial charge in [0.25, 0.3) is 0 Å². The monoisotopic (exact) mass is 355 g/mol. The van der Waals surface area contributed by atoms with Crippen LogP contribution in [0, 0.1) is 6.92 Å². The lowest BCUT2D eigenvalue weighted by Gasteiger charge is -2.17. The number of hydrogen-bond acceptors (Lipinski definition) is 4. The molecule has 0 radical (unpaired) electrons. The van der Waals surface area contributed by atoms with Crippen LogP contribution in [0.15, 0.2) is 33.9 Å². The maximum Gasteiger partial charge on any atom is 0.313 e. The third kappa shape index (κ3) is 3.40. The molecular weight excluding hydrogens is 342 g/mol. The molecule has 0 aliphatic carbocycles. The quantitative estimate of drug-likeness (QED) is 0.834. The predicted octanol–water partition coefficient (Wildman–Crippen LogP) is 3.14. The van der Waals surface area contributed by atoms with Gasteiger partial charge in [0.05, 0.1) is 11.8 Å². The van der Waals surface area contributed by atoms with Crippen LogP contribution in [0.3, 0.4) is 0 Å². The second-order valence-electron chi connectivity index (χ2n) is 4.31. The largest absolute Gasteiger partial charge is 0.481 e. The summed E-state index contributed by atoms with van der Waals surface area (Å²) in [6.07, 6.45) is 0. The number of benzene rings is 1. The van der Waals surface area contributed by atoms with Gasteiger partial charge in [-0.2, -0.15) is 0 Å². The van der Waals surface area contributed by atoms with Crippen molar-refractivity contribution < 1.29 is 9.90 Å². The minimum Gasteiger partial charge on any atom is -0.481 e. The summed E-state index contributed by atoms with van der Waals surface area (Å²) in [5.41, 5.74) is 1.11. The molecule has 5 nitrogen and oxygen atoms in total. The summed E-state index contributed by atoms with van der Waals surface area (Å²) in [6.45, 7) is 3.91. The van der Waals surface area contributed by atoms with Crippen LogP contribution in [0.25, 0.3) is 0 Å². The van der Waals surface area contributed by atoms with E-state index in [1.165, 1.54) is 11.8 Å². The average molecular weight is 356 g/mol. The molecule has 1 aromatic carbocycles. The number of rotatable bonds is 5. The molecule has 1 N–H and O–H groups in total. The molecule has 1 unspecified atom stereocenters. The fourth-order valence-corrected chi connectivity index (χ4v) is 3.13. The van der Waals surface area contributed by atoms with Crippen LogP contribution >= 0.6 is 27.7 Å². The number of aryl methyl sites for hydroxylation is 1. The lowest BCUT2D eigenvalue weighted by atomic mass is 10.1. The standard InChI is InChI=1S/C13H14BrN3O2S/c1-8(10-4-3-5-11(14)6-10)17-9(2)15-16-13(17)20-7-12(18)19/h3-6,8H,7H2,1-2H3,(H,18,19). The van der Waals surface area contributed by atoms with Crippen molar-refractivity contribution in [3.63, 3.8) is 0 Å². The van der Waals surface area contributed by atoms with Crippen LogP contribution in [0.1, 0.15) is 24.4 Å². The Balaban J connectivity index is 2.31. The Morgan fingerprint density at radius 2 is 2.25 bits per heavy atom. The fourth-order valence-electron chi connectivity index (χ4n) is 1.94. The van der Waals surface area contributed by atoms with Crippen molar-refractivity contribution in [2.75, 3.05) is 5.75 Å². The Kier molecular flexibility index (Phi) is 4.82. The Bertz CT molecular complexity index is 630. The van der Waals surface area contributed by atoms with Crippen molar-refractivity contribution in [3.8, 4) is 0 Å². The van der Waals surface area contributed by atoms with Gasteiger partial charge in [-0.25, -0.2) is 0 Å². The van der Waals surface area contributed by atoms with Crippen LogP contribution in [0.5, 0.6) is 0 Å². The molecule has 106 valence electrons. The molecule has 1 atom stereocenters. The molecular formula is C13H14BrN3O2S. The van der Waals surface area contributed by atoms with Gasteiger partial charge in [0.2, 0.25) is 0 Å². The second kappa shape index (κ2) is 6.41. The zero-order valence-electron chi connectivity index (χ0n) is 11.1. The third-order valence-corrected chi connectivity index (χ3v) is 4.30. The van der Waals surface area contributed by atoms with Gasteiger partial charge in [-0.15, -0.1) is 10.2 Å². The van der Waals surface area contributed by atoms with Crippen LogP contribution in [0.4, 0.5) is 0 Å². The number of carbonyl (C=O) groups is 1. The van der Waals surface area contributed by atoms with Crippen molar-refractivity contribution in [1.82, 2.24) is 14.8 Å². The molecule has 20 heavy (non-hydrogen) atoms. The summed E-state index contributed by atoms with van der Waals surface area (Å²) in [7, 11) is 0. The summed E-state index contributed by atoms with van der Waals surface area (Å²) in [6, 6.07) is 8.05. The highest BCUT2D eigenvalue weighted by Crippen LogP contribution is 2.27. The average Bonchev–Trinajstić information content (AvgIpc) is 2.76. The number of aromatic nitrogens is 3. The normalized spacial score (nSPS) is 12.3. The van der Waals surface area contributed by atoms with E-state index in [0.717, 1.165) is 15.9 Å². The fraction of sp³-hybridized carbons (Fsp3) is 0.308. The van der Waals surface area contributed by atoms with E-state index >= 15 is 0 Å². The highest BCUT2D eigenvalue weighted by molar-refractivity contribution is 9.10. The SMILES string of the molecule is Cc1nnc(SCC(=O)O)n1C(C)c1cccc(Br)c1. The van der Waals surface area contributed by atoms with E-state index in [-0.39, 0.29) is 11.8 Å². The zero-order valence-corrected chi connectivity index (χ0v) is 13.5. The van der Waals surface area contributed by atoms with E-state index in [9.17, 15) is 4.79 Å². The van der Waals surface area contributed by atoms with Crippen molar-refractivity contribution in [2.24, 2.45) is 0 Å². The Hall–Kier alpha value is -1.34. The zero-order chi connectivity index (χ0) is 14.7. The van der Waals surface area contributed by atoms with E-state index in [0.29, 0.717) is 5.16 Å².